The van der Waals surface area contributed by atoms with Crippen LogP contribution in [0.15, 0.2) is 39.9 Å². The smallest absolute Gasteiger partial charge is 0.271 e. The summed E-state index contributed by atoms with van der Waals surface area (Å²) in [5.74, 6) is 0.430. The number of anilines is 1. The average molecular weight is 393 g/mol. The quantitative estimate of drug-likeness (QED) is 0.869. The van der Waals surface area contributed by atoms with Crippen LogP contribution in [-0.2, 0) is 10.0 Å². The van der Waals surface area contributed by atoms with Crippen molar-refractivity contribution < 1.29 is 17.9 Å². The number of amides is 1. The van der Waals surface area contributed by atoms with Crippen molar-refractivity contribution in [2.24, 2.45) is 0 Å². The summed E-state index contributed by atoms with van der Waals surface area (Å²) in [6.45, 7) is 1.30. The van der Waals surface area contributed by atoms with Gasteiger partial charge in [-0.3, -0.25) is 9.52 Å². The van der Waals surface area contributed by atoms with E-state index in [9.17, 15) is 13.2 Å². The number of hydrogen-bond acceptors (Lipinski definition) is 5. The molecule has 1 saturated heterocycles. The SMILES string of the molecule is O=C1c2cc(NS(=O)(=O)c3cccs3)ccc2OCCC2CCCCN12. The highest BCUT2D eigenvalue weighted by molar-refractivity contribution is 7.94. The van der Waals surface area contributed by atoms with Crippen molar-refractivity contribution in [2.45, 2.75) is 35.9 Å². The number of carbonyl (C=O) groups excluding carboxylic acids is 1. The number of piperidine rings is 1. The third-order valence-electron chi connectivity index (χ3n) is 4.82. The molecule has 0 bridgehead atoms. The van der Waals surface area contributed by atoms with Gasteiger partial charge in [0, 0.05) is 24.7 Å². The maximum atomic E-state index is 13.0. The number of benzene rings is 1. The zero-order valence-corrected chi connectivity index (χ0v) is 15.8. The molecule has 1 amide bonds. The molecule has 1 aromatic heterocycles. The fraction of sp³-hybridized carbons (Fsp3) is 0.389. The van der Waals surface area contributed by atoms with Gasteiger partial charge < -0.3 is 9.64 Å². The van der Waals surface area contributed by atoms with Crippen molar-refractivity contribution in [3.8, 4) is 5.75 Å². The fourth-order valence-electron chi connectivity index (χ4n) is 3.54. The summed E-state index contributed by atoms with van der Waals surface area (Å²) < 4.78 is 33.4. The van der Waals surface area contributed by atoms with Gasteiger partial charge in [0.1, 0.15) is 9.96 Å². The summed E-state index contributed by atoms with van der Waals surface area (Å²) in [6.07, 6.45) is 3.96. The topological polar surface area (TPSA) is 75.7 Å². The highest BCUT2D eigenvalue weighted by Gasteiger charge is 2.31. The summed E-state index contributed by atoms with van der Waals surface area (Å²) in [6, 6.07) is 8.33. The number of thiophene rings is 1. The number of nitrogens with one attached hydrogen (secondary N) is 1. The van der Waals surface area contributed by atoms with Gasteiger partial charge in [0.05, 0.1) is 12.2 Å². The molecular weight excluding hydrogens is 372 g/mol. The van der Waals surface area contributed by atoms with Crippen LogP contribution in [0, 0.1) is 0 Å². The Morgan fingerprint density at radius 3 is 2.88 bits per heavy atom. The van der Waals surface area contributed by atoms with Gasteiger partial charge in [0.25, 0.3) is 15.9 Å². The molecule has 1 N–H and O–H groups in total. The molecule has 1 aromatic carbocycles. The molecule has 0 spiro atoms. The molecule has 0 aliphatic carbocycles. The fourth-order valence-corrected chi connectivity index (χ4v) is 5.58. The van der Waals surface area contributed by atoms with E-state index < -0.39 is 10.0 Å². The third kappa shape index (κ3) is 3.31. The van der Waals surface area contributed by atoms with Gasteiger partial charge in [0.2, 0.25) is 0 Å². The predicted molar refractivity (Wildman–Crippen MR) is 100 cm³/mol. The second-order valence-corrected chi connectivity index (χ2v) is 9.39. The van der Waals surface area contributed by atoms with Crippen molar-refractivity contribution in [3.63, 3.8) is 0 Å². The lowest BCUT2D eigenvalue weighted by Crippen LogP contribution is -2.45. The minimum absolute atomic E-state index is 0.0819. The van der Waals surface area contributed by atoms with Crippen LogP contribution in [0.5, 0.6) is 5.75 Å². The van der Waals surface area contributed by atoms with Crippen molar-refractivity contribution in [1.82, 2.24) is 4.90 Å². The van der Waals surface area contributed by atoms with Gasteiger partial charge in [-0.25, -0.2) is 8.42 Å². The summed E-state index contributed by atoms with van der Waals surface area (Å²) in [5.41, 5.74) is 0.784. The molecule has 0 saturated carbocycles. The first-order valence-corrected chi connectivity index (χ1v) is 11.0. The first-order chi connectivity index (χ1) is 12.5. The molecular formula is C18H20N2O4S2. The van der Waals surface area contributed by atoms with Gasteiger partial charge >= 0.3 is 0 Å². The number of sulfonamides is 1. The molecule has 1 atom stereocenters. The molecule has 2 aliphatic rings. The largest absolute Gasteiger partial charge is 0.493 e. The molecule has 26 heavy (non-hydrogen) atoms. The van der Waals surface area contributed by atoms with E-state index >= 15 is 0 Å². The predicted octanol–water partition coefficient (Wildman–Crippen LogP) is 3.33. The molecule has 0 radical (unpaired) electrons. The van der Waals surface area contributed by atoms with Crippen LogP contribution in [0.2, 0.25) is 0 Å². The number of carbonyl (C=O) groups is 1. The summed E-state index contributed by atoms with van der Waals surface area (Å²) in [5, 5.41) is 1.71. The monoisotopic (exact) mass is 392 g/mol. The van der Waals surface area contributed by atoms with E-state index in [1.165, 1.54) is 0 Å². The summed E-state index contributed by atoms with van der Waals surface area (Å²) in [4.78, 5) is 15.0. The van der Waals surface area contributed by atoms with Crippen molar-refractivity contribution >= 4 is 33.0 Å². The molecule has 2 aromatic rings. The van der Waals surface area contributed by atoms with Crippen LogP contribution in [0.4, 0.5) is 5.69 Å². The molecule has 2 aliphatic heterocycles. The van der Waals surface area contributed by atoms with Gasteiger partial charge in [-0.1, -0.05) is 6.07 Å². The molecule has 3 heterocycles. The maximum absolute atomic E-state index is 13.0. The lowest BCUT2D eigenvalue weighted by molar-refractivity contribution is 0.0548. The van der Waals surface area contributed by atoms with E-state index in [-0.39, 0.29) is 16.2 Å². The minimum Gasteiger partial charge on any atom is -0.493 e. The van der Waals surface area contributed by atoms with Gasteiger partial charge in [-0.15, -0.1) is 11.3 Å². The Hall–Kier alpha value is -2.06. The van der Waals surface area contributed by atoms with Crippen LogP contribution in [0.3, 0.4) is 0 Å². The van der Waals surface area contributed by atoms with Crippen molar-refractivity contribution in [2.75, 3.05) is 17.9 Å². The minimum atomic E-state index is -3.65. The molecule has 138 valence electrons. The van der Waals surface area contributed by atoms with Crippen molar-refractivity contribution in [1.29, 1.82) is 0 Å². The van der Waals surface area contributed by atoms with Crippen LogP contribution < -0.4 is 9.46 Å². The van der Waals surface area contributed by atoms with Crippen LogP contribution in [0.1, 0.15) is 36.0 Å². The van der Waals surface area contributed by atoms with E-state index in [4.69, 9.17) is 4.74 Å². The normalized spacial score (nSPS) is 20.4. The third-order valence-corrected chi connectivity index (χ3v) is 7.60. The zero-order valence-electron chi connectivity index (χ0n) is 14.2. The van der Waals surface area contributed by atoms with Gasteiger partial charge in [-0.2, -0.15) is 0 Å². The highest BCUT2D eigenvalue weighted by Crippen LogP contribution is 2.31. The molecule has 6 nitrogen and oxygen atoms in total. The lowest BCUT2D eigenvalue weighted by Gasteiger charge is -2.37. The average Bonchev–Trinajstić information content (AvgIpc) is 3.17. The Labute approximate surface area is 156 Å². The summed E-state index contributed by atoms with van der Waals surface area (Å²) >= 11 is 1.15. The molecule has 4 rings (SSSR count). The first-order valence-electron chi connectivity index (χ1n) is 8.69. The van der Waals surface area contributed by atoms with Crippen LogP contribution in [-0.4, -0.2) is 38.4 Å². The Morgan fingerprint density at radius 2 is 2.08 bits per heavy atom. The summed E-state index contributed by atoms with van der Waals surface area (Å²) in [7, 11) is -3.65. The second kappa shape index (κ2) is 6.92. The number of nitrogens with zero attached hydrogens (tertiary/aromatic N) is 1. The van der Waals surface area contributed by atoms with E-state index in [0.29, 0.717) is 23.6 Å². The Morgan fingerprint density at radius 1 is 1.19 bits per heavy atom. The van der Waals surface area contributed by atoms with Crippen molar-refractivity contribution in [3.05, 3.63) is 41.3 Å². The Balaban J connectivity index is 1.66. The van der Waals surface area contributed by atoms with Crippen LogP contribution >= 0.6 is 11.3 Å². The maximum Gasteiger partial charge on any atom is 0.271 e. The number of rotatable bonds is 3. The highest BCUT2D eigenvalue weighted by atomic mass is 32.2. The van der Waals surface area contributed by atoms with E-state index in [1.54, 1.807) is 35.7 Å². The molecule has 8 heteroatoms. The zero-order chi connectivity index (χ0) is 18.1. The van der Waals surface area contributed by atoms with Crippen LogP contribution in [0.25, 0.3) is 0 Å². The number of hydrogen-bond donors (Lipinski definition) is 1. The molecule has 1 unspecified atom stereocenters. The number of fused-ring (bicyclic) bond motifs is 2. The molecule has 1 fully saturated rings. The lowest BCUT2D eigenvalue weighted by atomic mass is 9.97. The first kappa shape index (κ1) is 17.4. The van der Waals surface area contributed by atoms with E-state index in [2.05, 4.69) is 4.72 Å². The Kier molecular flexibility index (Phi) is 4.62. The van der Waals surface area contributed by atoms with Gasteiger partial charge in [-0.05, 0) is 48.9 Å². The standard InChI is InChI=1S/C18H20N2O4S2/c21-18-15-12-13(19-26(22,23)17-5-3-11-25-17)6-7-16(15)24-10-8-14-4-1-2-9-20(14)18/h3,5-7,11-12,14,19H,1-2,4,8-10H2. The number of ether oxygens (including phenoxy) is 1. The van der Waals surface area contributed by atoms with Gasteiger partial charge in [0.15, 0.2) is 0 Å². The Bertz CT molecular complexity index is 909. The van der Waals surface area contributed by atoms with E-state index in [1.807, 2.05) is 4.90 Å². The second-order valence-electron chi connectivity index (χ2n) is 6.53. The van der Waals surface area contributed by atoms with E-state index in [0.717, 1.165) is 43.6 Å².